The zero-order valence-electron chi connectivity index (χ0n) is 17.2. The molecule has 0 saturated carbocycles. The molecule has 2 heterocycles. The molecular weight excluding hydrogens is 388 g/mol. The van der Waals surface area contributed by atoms with Gasteiger partial charge in [0.05, 0.1) is 37.6 Å². The Balaban J connectivity index is 1.92. The summed E-state index contributed by atoms with van der Waals surface area (Å²) in [6, 6.07) is 8.48. The van der Waals surface area contributed by atoms with Crippen LogP contribution in [0.5, 0.6) is 17.2 Å². The normalized spacial score (nSPS) is 12.3. The van der Waals surface area contributed by atoms with E-state index in [0.717, 1.165) is 41.2 Å². The van der Waals surface area contributed by atoms with Gasteiger partial charge in [-0.1, -0.05) is 6.07 Å². The smallest absolute Gasteiger partial charge is 0.271 e. The summed E-state index contributed by atoms with van der Waals surface area (Å²) in [6.07, 6.45) is 0.787. The lowest BCUT2D eigenvalue weighted by Crippen LogP contribution is -2.06. The molecule has 0 radical (unpaired) electrons. The number of fused-ring (bicyclic) bond motifs is 1. The van der Waals surface area contributed by atoms with Crippen molar-refractivity contribution in [3.8, 4) is 34.2 Å². The van der Waals surface area contributed by atoms with Crippen LogP contribution >= 0.6 is 0 Å². The van der Waals surface area contributed by atoms with Gasteiger partial charge in [0.2, 0.25) is 5.75 Å². The van der Waals surface area contributed by atoms with Crippen molar-refractivity contribution >= 4 is 11.5 Å². The van der Waals surface area contributed by atoms with Crippen molar-refractivity contribution in [3.63, 3.8) is 0 Å². The molecule has 0 bridgehead atoms. The molecule has 1 aromatic heterocycles. The first-order valence-corrected chi connectivity index (χ1v) is 9.40. The van der Waals surface area contributed by atoms with Crippen LogP contribution in [0, 0.1) is 17.0 Å². The Hall–Kier alpha value is -3.75. The molecule has 0 spiro atoms. The average molecular weight is 410 g/mol. The molecular formula is C21H22N4O5. The number of anilines is 1. The number of hydrogen-bond donors (Lipinski definition) is 1. The molecule has 0 saturated heterocycles. The van der Waals surface area contributed by atoms with Crippen LogP contribution < -0.4 is 19.5 Å². The maximum Gasteiger partial charge on any atom is 0.271 e. The summed E-state index contributed by atoms with van der Waals surface area (Å²) >= 11 is 0. The number of nitro benzene ring substituents is 1. The van der Waals surface area contributed by atoms with Gasteiger partial charge in [-0.2, -0.15) is 5.10 Å². The number of ether oxygens (including phenoxy) is 3. The van der Waals surface area contributed by atoms with Crippen LogP contribution in [0.3, 0.4) is 0 Å². The molecule has 0 amide bonds. The molecule has 3 aromatic rings. The summed E-state index contributed by atoms with van der Waals surface area (Å²) in [6.45, 7) is 2.67. The number of rotatable bonds is 6. The topological polar surface area (TPSA) is 101 Å². The number of methoxy groups -OCH3 is 3. The molecule has 0 aliphatic carbocycles. The summed E-state index contributed by atoms with van der Waals surface area (Å²) in [4.78, 5) is 10.9. The van der Waals surface area contributed by atoms with Crippen LogP contribution in [-0.4, -0.2) is 42.6 Å². The number of hydrogen-bond acceptors (Lipinski definition) is 7. The lowest BCUT2D eigenvalue weighted by atomic mass is 10.1. The molecule has 4 rings (SSSR count). The molecule has 1 aliphatic rings. The van der Waals surface area contributed by atoms with Crippen molar-refractivity contribution in [2.45, 2.75) is 13.3 Å². The van der Waals surface area contributed by atoms with Gasteiger partial charge in [0.1, 0.15) is 5.82 Å². The van der Waals surface area contributed by atoms with Gasteiger partial charge in [-0.15, -0.1) is 0 Å². The van der Waals surface area contributed by atoms with Gasteiger partial charge >= 0.3 is 0 Å². The summed E-state index contributed by atoms with van der Waals surface area (Å²) in [5.41, 5.74) is 4.18. The van der Waals surface area contributed by atoms with Crippen molar-refractivity contribution in [1.29, 1.82) is 0 Å². The first-order chi connectivity index (χ1) is 14.5. The van der Waals surface area contributed by atoms with Crippen molar-refractivity contribution in [2.24, 2.45) is 0 Å². The predicted octanol–water partition coefficient (Wildman–Crippen LogP) is 3.75. The van der Waals surface area contributed by atoms with E-state index in [9.17, 15) is 10.1 Å². The van der Waals surface area contributed by atoms with Gasteiger partial charge in [0, 0.05) is 29.8 Å². The summed E-state index contributed by atoms with van der Waals surface area (Å²) < 4.78 is 18.1. The SMILES string of the molecule is COc1cc(-c2nn(-c3cc([N+](=O)[O-])ccc3C)c3c2CCN3)cc(OC)c1OC. The number of nitro groups is 1. The second kappa shape index (κ2) is 7.58. The van der Waals surface area contributed by atoms with Crippen LogP contribution in [0.25, 0.3) is 16.9 Å². The van der Waals surface area contributed by atoms with Crippen LogP contribution in [0.15, 0.2) is 30.3 Å². The Morgan fingerprint density at radius 1 is 1.10 bits per heavy atom. The van der Waals surface area contributed by atoms with Crippen LogP contribution in [-0.2, 0) is 6.42 Å². The monoisotopic (exact) mass is 410 g/mol. The average Bonchev–Trinajstić information content (AvgIpc) is 3.35. The van der Waals surface area contributed by atoms with Gasteiger partial charge in [-0.05, 0) is 31.0 Å². The van der Waals surface area contributed by atoms with E-state index in [1.807, 2.05) is 19.1 Å². The molecule has 0 fully saturated rings. The number of aromatic nitrogens is 2. The largest absolute Gasteiger partial charge is 0.493 e. The molecule has 1 N–H and O–H groups in total. The third-order valence-corrected chi connectivity index (χ3v) is 5.22. The maximum absolute atomic E-state index is 11.3. The number of nitrogens with zero attached hydrogens (tertiary/aromatic N) is 3. The minimum Gasteiger partial charge on any atom is -0.493 e. The predicted molar refractivity (Wildman–Crippen MR) is 112 cm³/mol. The van der Waals surface area contributed by atoms with Crippen LogP contribution in [0.4, 0.5) is 11.5 Å². The molecule has 9 heteroatoms. The minimum absolute atomic E-state index is 0.0205. The lowest BCUT2D eigenvalue weighted by Gasteiger charge is -2.14. The van der Waals surface area contributed by atoms with Gasteiger partial charge in [0.25, 0.3) is 5.69 Å². The highest BCUT2D eigenvalue weighted by atomic mass is 16.6. The first kappa shape index (κ1) is 19.6. The molecule has 2 aromatic carbocycles. The molecule has 30 heavy (non-hydrogen) atoms. The van der Waals surface area contributed by atoms with E-state index in [0.29, 0.717) is 22.9 Å². The van der Waals surface area contributed by atoms with Crippen LogP contribution in [0.2, 0.25) is 0 Å². The van der Waals surface area contributed by atoms with Gasteiger partial charge in [0.15, 0.2) is 11.5 Å². The molecule has 9 nitrogen and oxygen atoms in total. The highest BCUT2D eigenvalue weighted by molar-refractivity contribution is 5.76. The second-order valence-corrected chi connectivity index (χ2v) is 6.91. The van der Waals surface area contributed by atoms with E-state index in [-0.39, 0.29) is 5.69 Å². The van der Waals surface area contributed by atoms with Crippen molar-refractivity contribution in [3.05, 3.63) is 51.6 Å². The number of aryl methyl sites for hydroxylation is 1. The zero-order valence-corrected chi connectivity index (χ0v) is 17.2. The number of non-ortho nitro benzene ring substituents is 1. The highest BCUT2D eigenvalue weighted by Crippen LogP contribution is 2.43. The summed E-state index contributed by atoms with van der Waals surface area (Å²) in [5, 5.41) is 19.5. The molecule has 0 atom stereocenters. The van der Waals surface area contributed by atoms with Crippen molar-refractivity contribution in [1.82, 2.24) is 9.78 Å². The Kier molecular flexibility index (Phi) is 4.94. The van der Waals surface area contributed by atoms with Crippen molar-refractivity contribution in [2.75, 3.05) is 33.2 Å². The second-order valence-electron chi connectivity index (χ2n) is 6.91. The van der Waals surface area contributed by atoms with E-state index in [1.54, 1.807) is 38.1 Å². The van der Waals surface area contributed by atoms with Gasteiger partial charge < -0.3 is 19.5 Å². The Morgan fingerprint density at radius 3 is 2.40 bits per heavy atom. The zero-order chi connectivity index (χ0) is 21.4. The number of nitrogens with one attached hydrogen (secondary N) is 1. The van der Waals surface area contributed by atoms with E-state index in [4.69, 9.17) is 19.3 Å². The lowest BCUT2D eigenvalue weighted by molar-refractivity contribution is -0.384. The quantitative estimate of drug-likeness (QED) is 0.488. The maximum atomic E-state index is 11.3. The molecule has 1 aliphatic heterocycles. The fraction of sp³-hybridized carbons (Fsp3) is 0.286. The minimum atomic E-state index is -0.403. The number of benzene rings is 2. The Labute approximate surface area is 173 Å². The first-order valence-electron chi connectivity index (χ1n) is 9.40. The van der Waals surface area contributed by atoms with Crippen LogP contribution in [0.1, 0.15) is 11.1 Å². The molecule has 156 valence electrons. The third-order valence-electron chi connectivity index (χ3n) is 5.22. The standard InChI is InChI=1S/C21H22N4O5/c1-12-5-6-14(25(26)27)11-16(12)24-21-15(7-8-22-21)19(23-24)13-9-17(28-2)20(30-4)18(10-13)29-3/h5-6,9-11,22H,7-8H2,1-4H3. The van der Waals surface area contributed by atoms with E-state index in [1.165, 1.54) is 6.07 Å². The fourth-order valence-electron chi connectivity index (χ4n) is 3.74. The fourth-order valence-corrected chi connectivity index (χ4v) is 3.74. The summed E-state index contributed by atoms with van der Waals surface area (Å²) in [7, 11) is 4.69. The van der Waals surface area contributed by atoms with E-state index >= 15 is 0 Å². The summed E-state index contributed by atoms with van der Waals surface area (Å²) in [5.74, 6) is 2.41. The Morgan fingerprint density at radius 2 is 1.80 bits per heavy atom. The van der Waals surface area contributed by atoms with E-state index < -0.39 is 4.92 Å². The van der Waals surface area contributed by atoms with Gasteiger partial charge in [-0.3, -0.25) is 10.1 Å². The van der Waals surface area contributed by atoms with Gasteiger partial charge in [-0.25, -0.2) is 4.68 Å². The Bertz CT molecular complexity index is 1110. The van der Waals surface area contributed by atoms with Crippen molar-refractivity contribution < 1.29 is 19.1 Å². The highest BCUT2D eigenvalue weighted by Gasteiger charge is 2.27. The molecule has 0 unspecified atom stereocenters. The van der Waals surface area contributed by atoms with E-state index in [2.05, 4.69) is 5.32 Å². The third kappa shape index (κ3) is 3.08.